The Labute approximate surface area is 111 Å². The molecule has 0 aliphatic carbocycles. The van der Waals surface area contributed by atoms with Gasteiger partial charge in [0.2, 0.25) is 0 Å². The second-order valence-corrected chi connectivity index (χ2v) is 4.24. The largest absolute Gasteiger partial charge is 0.479 e. The number of carboxylic acids is 1. The van der Waals surface area contributed by atoms with Crippen molar-refractivity contribution in [3.05, 3.63) is 37.8 Å². The van der Waals surface area contributed by atoms with Crippen molar-refractivity contribution in [1.29, 1.82) is 0 Å². The second kappa shape index (κ2) is 5.13. The number of aliphatic hydroxyl groups excluding tert-OH is 1. The van der Waals surface area contributed by atoms with Crippen molar-refractivity contribution in [2.24, 2.45) is 0 Å². The van der Waals surface area contributed by atoms with Crippen LogP contribution >= 0.6 is 15.9 Å². The normalized spacial score (nSPS) is 13.1. The number of benzene rings is 1. The molecule has 1 aromatic rings. The van der Waals surface area contributed by atoms with Crippen LogP contribution in [0.25, 0.3) is 0 Å². The molecule has 2 N–H and O–H groups in total. The smallest absolute Gasteiger partial charge is 0.417 e. The highest BCUT2D eigenvalue weighted by Gasteiger charge is 2.39. The van der Waals surface area contributed by atoms with Crippen LogP contribution in [0.15, 0.2) is 16.6 Å². The molecule has 0 saturated heterocycles. The van der Waals surface area contributed by atoms with Crippen molar-refractivity contribution in [3.8, 4) is 0 Å². The molecule has 0 aliphatic heterocycles. The van der Waals surface area contributed by atoms with Crippen LogP contribution in [0.4, 0.5) is 18.9 Å². The number of nitrogens with zero attached hydrogens (tertiary/aromatic N) is 1. The fourth-order valence-corrected chi connectivity index (χ4v) is 2.01. The number of carbonyl (C=O) groups is 1. The molecule has 0 saturated carbocycles. The number of nitro groups is 1. The quantitative estimate of drug-likeness (QED) is 0.648. The molecular weight excluding hydrogens is 339 g/mol. The average Bonchev–Trinajstić information content (AvgIpc) is 2.25. The van der Waals surface area contributed by atoms with Crippen LogP contribution in [-0.4, -0.2) is 21.1 Å². The molecule has 1 rings (SSSR count). The summed E-state index contributed by atoms with van der Waals surface area (Å²) in [4.78, 5) is 20.0. The zero-order valence-electron chi connectivity index (χ0n) is 8.81. The maximum absolute atomic E-state index is 12.7. The summed E-state index contributed by atoms with van der Waals surface area (Å²) in [5, 5.41) is 28.3. The van der Waals surface area contributed by atoms with Crippen molar-refractivity contribution in [2.75, 3.05) is 0 Å². The summed E-state index contributed by atoms with van der Waals surface area (Å²) in [5.74, 6) is -1.90. The number of aliphatic hydroxyl groups is 1. The van der Waals surface area contributed by atoms with Gasteiger partial charge in [0.05, 0.1) is 10.5 Å². The van der Waals surface area contributed by atoms with E-state index in [1.807, 2.05) is 0 Å². The lowest BCUT2D eigenvalue weighted by Gasteiger charge is -2.16. The van der Waals surface area contributed by atoms with E-state index in [1.54, 1.807) is 0 Å². The van der Waals surface area contributed by atoms with E-state index in [1.165, 1.54) is 0 Å². The summed E-state index contributed by atoms with van der Waals surface area (Å²) in [6, 6.07) is 0.864. The minimum atomic E-state index is -5.04. The third-order valence-electron chi connectivity index (χ3n) is 2.14. The molecular formula is C9H5BrF3NO5. The van der Waals surface area contributed by atoms with Crippen molar-refractivity contribution in [3.63, 3.8) is 0 Å². The molecule has 0 spiro atoms. The molecule has 0 bridgehead atoms. The van der Waals surface area contributed by atoms with Crippen LogP contribution in [0.5, 0.6) is 0 Å². The van der Waals surface area contributed by atoms with Crippen LogP contribution in [0.1, 0.15) is 17.2 Å². The SMILES string of the molecule is O=C(O)C(O)c1c(Br)cc([N+](=O)[O-])cc1C(F)(F)F. The molecule has 1 unspecified atom stereocenters. The van der Waals surface area contributed by atoms with Gasteiger partial charge in [-0.3, -0.25) is 10.1 Å². The van der Waals surface area contributed by atoms with E-state index < -0.39 is 44.5 Å². The Morgan fingerprint density at radius 1 is 1.42 bits per heavy atom. The summed E-state index contributed by atoms with van der Waals surface area (Å²) in [5.41, 5.74) is -3.44. The molecule has 0 amide bonds. The highest BCUT2D eigenvalue weighted by atomic mass is 79.9. The minimum Gasteiger partial charge on any atom is -0.479 e. The third-order valence-corrected chi connectivity index (χ3v) is 2.79. The average molecular weight is 344 g/mol. The van der Waals surface area contributed by atoms with Crippen LogP contribution in [0, 0.1) is 10.1 Å². The number of halogens is 4. The number of hydrogen-bond acceptors (Lipinski definition) is 4. The standard InChI is InChI=1S/C9H5BrF3NO5/c10-5-2-3(14(18)19)1-4(9(11,12)13)6(5)7(15)8(16)17/h1-2,7,15H,(H,16,17). The molecule has 0 heterocycles. The Balaban J connectivity index is 3.62. The lowest BCUT2D eigenvalue weighted by atomic mass is 10.0. The number of carboxylic acid groups (broad SMARTS) is 1. The van der Waals surface area contributed by atoms with Gasteiger partial charge in [-0.1, -0.05) is 15.9 Å². The zero-order valence-corrected chi connectivity index (χ0v) is 10.4. The molecule has 0 aliphatic rings. The first-order valence-corrected chi connectivity index (χ1v) is 5.31. The summed E-state index contributed by atoms with van der Waals surface area (Å²) >= 11 is 2.60. The molecule has 1 aromatic carbocycles. The highest BCUT2D eigenvalue weighted by Crippen LogP contribution is 2.40. The first-order valence-electron chi connectivity index (χ1n) is 4.51. The molecule has 19 heavy (non-hydrogen) atoms. The predicted molar refractivity (Wildman–Crippen MR) is 58.4 cm³/mol. The molecule has 6 nitrogen and oxygen atoms in total. The number of nitro benzene ring substituents is 1. The number of rotatable bonds is 3. The van der Waals surface area contributed by atoms with Crippen LogP contribution in [0.3, 0.4) is 0 Å². The zero-order chi connectivity index (χ0) is 15.0. The number of alkyl halides is 3. The molecule has 104 valence electrons. The summed E-state index contributed by atoms with van der Waals surface area (Å²) in [6.07, 6.45) is -7.49. The Morgan fingerprint density at radius 2 is 1.95 bits per heavy atom. The van der Waals surface area contributed by atoms with E-state index in [4.69, 9.17) is 5.11 Å². The number of non-ortho nitro benzene ring substituents is 1. The molecule has 10 heteroatoms. The van der Waals surface area contributed by atoms with Crippen molar-refractivity contribution in [1.82, 2.24) is 0 Å². The first kappa shape index (κ1) is 15.4. The molecule has 0 aromatic heterocycles. The summed E-state index contributed by atoms with van der Waals surface area (Å²) < 4.78 is 37.7. The topological polar surface area (TPSA) is 101 Å². The Kier molecular flexibility index (Phi) is 4.15. The summed E-state index contributed by atoms with van der Waals surface area (Å²) in [7, 11) is 0. The van der Waals surface area contributed by atoms with E-state index in [0.717, 1.165) is 0 Å². The first-order chi connectivity index (χ1) is 8.55. The Morgan fingerprint density at radius 3 is 2.32 bits per heavy atom. The van der Waals surface area contributed by atoms with Crippen molar-refractivity contribution in [2.45, 2.75) is 12.3 Å². The fraction of sp³-hybridized carbons (Fsp3) is 0.222. The third kappa shape index (κ3) is 3.20. The van der Waals surface area contributed by atoms with Gasteiger partial charge >= 0.3 is 12.1 Å². The number of aliphatic carboxylic acids is 1. The van der Waals surface area contributed by atoms with Crippen LogP contribution < -0.4 is 0 Å². The second-order valence-electron chi connectivity index (χ2n) is 3.38. The maximum Gasteiger partial charge on any atom is 0.417 e. The predicted octanol–water partition coefficient (Wildman–Crippen LogP) is 2.49. The van der Waals surface area contributed by atoms with E-state index in [-0.39, 0.29) is 6.07 Å². The van der Waals surface area contributed by atoms with E-state index >= 15 is 0 Å². The van der Waals surface area contributed by atoms with E-state index in [0.29, 0.717) is 6.07 Å². The minimum absolute atomic E-state index is 0.173. The van der Waals surface area contributed by atoms with Crippen molar-refractivity contribution >= 4 is 27.6 Å². The van der Waals surface area contributed by atoms with Gasteiger partial charge in [0, 0.05) is 22.2 Å². The lowest BCUT2D eigenvalue weighted by molar-refractivity contribution is -0.385. The van der Waals surface area contributed by atoms with Gasteiger partial charge in [0.1, 0.15) is 0 Å². The molecule has 0 fully saturated rings. The van der Waals surface area contributed by atoms with Gasteiger partial charge in [0.15, 0.2) is 6.10 Å². The van der Waals surface area contributed by atoms with Gasteiger partial charge in [-0.05, 0) is 0 Å². The Hall–Kier alpha value is -1.68. The van der Waals surface area contributed by atoms with Crippen LogP contribution in [-0.2, 0) is 11.0 Å². The van der Waals surface area contributed by atoms with E-state index in [2.05, 4.69) is 15.9 Å². The van der Waals surface area contributed by atoms with Gasteiger partial charge < -0.3 is 10.2 Å². The van der Waals surface area contributed by atoms with Gasteiger partial charge in [-0.2, -0.15) is 13.2 Å². The highest BCUT2D eigenvalue weighted by molar-refractivity contribution is 9.10. The summed E-state index contributed by atoms with van der Waals surface area (Å²) in [6.45, 7) is 0. The maximum atomic E-state index is 12.7. The van der Waals surface area contributed by atoms with Gasteiger partial charge in [-0.25, -0.2) is 4.79 Å². The van der Waals surface area contributed by atoms with Crippen LogP contribution in [0.2, 0.25) is 0 Å². The number of hydrogen-bond donors (Lipinski definition) is 2. The van der Waals surface area contributed by atoms with Gasteiger partial charge in [0.25, 0.3) is 5.69 Å². The molecule has 0 radical (unpaired) electrons. The van der Waals surface area contributed by atoms with Gasteiger partial charge in [-0.15, -0.1) is 0 Å². The van der Waals surface area contributed by atoms with Crippen molar-refractivity contribution < 1.29 is 33.1 Å². The molecule has 1 atom stereocenters. The fourth-order valence-electron chi connectivity index (χ4n) is 1.34. The lowest BCUT2D eigenvalue weighted by Crippen LogP contribution is -2.18. The Bertz CT molecular complexity index is 545. The van der Waals surface area contributed by atoms with E-state index in [9.17, 15) is 33.2 Å². The monoisotopic (exact) mass is 343 g/mol.